The molecule has 3 nitrogen and oxygen atoms in total. The van der Waals surface area contributed by atoms with Gasteiger partial charge in [-0.2, -0.15) is 0 Å². The average molecular weight is 249 g/mol. The maximum atomic E-state index is 13.2. The molecular formula is C13H13F2N3. The highest BCUT2D eigenvalue weighted by Gasteiger charge is 2.15. The van der Waals surface area contributed by atoms with E-state index in [9.17, 15) is 8.78 Å². The smallest absolute Gasteiger partial charge is 0.126 e. The molecule has 0 saturated heterocycles. The van der Waals surface area contributed by atoms with Gasteiger partial charge in [0.15, 0.2) is 0 Å². The molecule has 5 heteroatoms. The lowest BCUT2D eigenvalue weighted by atomic mass is 10.0. The molecule has 2 rings (SSSR count). The maximum Gasteiger partial charge on any atom is 0.126 e. The Morgan fingerprint density at radius 2 is 1.83 bits per heavy atom. The van der Waals surface area contributed by atoms with E-state index in [0.717, 1.165) is 11.8 Å². The largest absolute Gasteiger partial charge is 0.271 e. The molecule has 94 valence electrons. The number of nitrogens with one attached hydrogen (secondary N) is 1. The molecule has 0 amide bonds. The van der Waals surface area contributed by atoms with E-state index in [4.69, 9.17) is 5.84 Å². The van der Waals surface area contributed by atoms with Gasteiger partial charge in [-0.3, -0.25) is 10.8 Å². The summed E-state index contributed by atoms with van der Waals surface area (Å²) in [7, 11) is 0. The third kappa shape index (κ3) is 2.69. The second-order valence-corrected chi connectivity index (χ2v) is 4.01. The molecule has 0 spiro atoms. The normalized spacial score (nSPS) is 12.4. The van der Waals surface area contributed by atoms with Gasteiger partial charge in [0.25, 0.3) is 0 Å². The Bertz CT molecular complexity index is 537. The Kier molecular flexibility index (Phi) is 3.64. The van der Waals surface area contributed by atoms with Gasteiger partial charge in [-0.1, -0.05) is 6.07 Å². The van der Waals surface area contributed by atoms with Crippen LogP contribution in [0.4, 0.5) is 8.78 Å². The van der Waals surface area contributed by atoms with E-state index in [1.54, 1.807) is 6.07 Å². The number of nitrogens with two attached hydrogens (primary N) is 1. The Hall–Kier alpha value is -1.85. The number of hydrogen-bond donors (Lipinski definition) is 2. The van der Waals surface area contributed by atoms with E-state index in [2.05, 4.69) is 10.4 Å². The van der Waals surface area contributed by atoms with Crippen LogP contribution in [0, 0.1) is 18.6 Å². The summed E-state index contributed by atoms with van der Waals surface area (Å²) in [5, 5.41) is 0. The summed E-state index contributed by atoms with van der Waals surface area (Å²) >= 11 is 0. The highest BCUT2D eigenvalue weighted by molar-refractivity contribution is 5.29. The maximum absolute atomic E-state index is 13.2. The van der Waals surface area contributed by atoms with E-state index in [1.165, 1.54) is 12.1 Å². The van der Waals surface area contributed by atoms with Gasteiger partial charge in [0.05, 0.1) is 11.7 Å². The van der Waals surface area contributed by atoms with Gasteiger partial charge in [-0.25, -0.2) is 14.2 Å². The molecule has 18 heavy (non-hydrogen) atoms. The van der Waals surface area contributed by atoms with Gasteiger partial charge in [0.1, 0.15) is 11.6 Å². The van der Waals surface area contributed by atoms with Crippen molar-refractivity contribution in [3.63, 3.8) is 0 Å². The molecule has 0 bridgehead atoms. The summed E-state index contributed by atoms with van der Waals surface area (Å²) in [6.45, 7) is 1.84. The Morgan fingerprint density at radius 1 is 1.17 bits per heavy atom. The van der Waals surface area contributed by atoms with E-state index in [1.807, 2.05) is 19.1 Å². The Balaban J connectivity index is 2.45. The van der Waals surface area contributed by atoms with Crippen molar-refractivity contribution in [2.75, 3.05) is 0 Å². The van der Waals surface area contributed by atoms with Gasteiger partial charge in [0.2, 0.25) is 0 Å². The summed E-state index contributed by atoms with van der Waals surface area (Å²) < 4.78 is 26.4. The number of benzene rings is 1. The molecule has 0 aliphatic heterocycles. The zero-order valence-electron chi connectivity index (χ0n) is 9.82. The molecule has 0 radical (unpaired) electrons. The van der Waals surface area contributed by atoms with Crippen LogP contribution < -0.4 is 11.3 Å². The summed E-state index contributed by atoms with van der Waals surface area (Å²) in [5.74, 6) is 4.17. The van der Waals surface area contributed by atoms with Crippen LogP contribution in [-0.4, -0.2) is 4.98 Å². The molecule has 0 aliphatic carbocycles. The highest BCUT2D eigenvalue weighted by atomic mass is 19.1. The number of nitrogens with zero attached hydrogens (tertiary/aromatic N) is 1. The molecule has 1 aromatic carbocycles. The zero-order valence-corrected chi connectivity index (χ0v) is 9.82. The van der Waals surface area contributed by atoms with Gasteiger partial charge in [-0.15, -0.1) is 0 Å². The van der Waals surface area contributed by atoms with Gasteiger partial charge in [-0.05, 0) is 36.8 Å². The van der Waals surface area contributed by atoms with Gasteiger partial charge in [0, 0.05) is 11.8 Å². The van der Waals surface area contributed by atoms with E-state index in [-0.39, 0.29) is 0 Å². The molecule has 1 unspecified atom stereocenters. The first-order valence-electron chi connectivity index (χ1n) is 5.46. The lowest BCUT2D eigenvalue weighted by molar-refractivity contribution is 0.562. The first kappa shape index (κ1) is 12.6. The van der Waals surface area contributed by atoms with Gasteiger partial charge < -0.3 is 0 Å². The summed E-state index contributed by atoms with van der Waals surface area (Å²) in [6, 6.07) is 8.15. The molecular weight excluding hydrogens is 236 g/mol. The number of hydrazine groups is 1. The second kappa shape index (κ2) is 5.20. The first-order valence-corrected chi connectivity index (χ1v) is 5.46. The average Bonchev–Trinajstić information content (AvgIpc) is 2.28. The molecule has 3 N–H and O–H groups in total. The van der Waals surface area contributed by atoms with Crippen molar-refractivity contribution in [2.45, 2.75) is 13.0 Å². The lowest BCUT2D eigenvalue weighted by Gasteiger charge is -2.16. The molecule has 2 aromatic rings. The van der Waals surface area contributed by atoms with Gasteiger partial charge >= 0.3 is 0 Å². The number of halogens is 2. The van der Waals surface area contributed by atoms with Crippen LogP contribution in [0.25, 0.3) is 0 Å². The van der Waals surface area contributed by atoms with Crippen molar-refractivity contribution in [3.8, 4) is 0 Å². The predicted octanol–water partition coefficient (Wildman–Crippen LogP) is 2.22. The fourth-order valence-electron chi connectivity index (χ4n) is 1.82. The fourth-order valence-corrected chi connectivity index (χ4v) is 1.82. The van der Waals surface area contributed by atoms with Crippen LogP contribution in [0.3, 0.4) is 0 Å². The van der Waals surface area contributed by atoms with E-state index in [0.29, 0.717) is 11.3 Å². The zero-order chi connectivity index (χ0) is 13.1. The molecule has 0 saturated carbocycles. The van der Waals surface area contributed by atoms with Crippen molar-refractivity contribution in [2.24, 2.45) is 5.84 Å². The van der Waals surface area contributed by atoms with Crippen LogP contribution in [0.2, 0.25) is 0 Å². The number of aromatic nitrogens is 1. The Labute approximate surface area is 104 Å². The van der Waals surface area contributed by atoms with Crippen molar-refractivity contribution in [1.29, 1.82) is 0 Å². The van der Waals surface area contributed by atoms with Crippen molar-refractivity contribution >= 4 is 0 Å². The third-order valence-electron chi connectivity index (χ3n) is 2.59. The minimum Gasteiger partial charge on any atom is -0.271 e. The first-order chi connectivity index (χ1) is 8.60. The molecule has 1 atom stereocenters. The lowest BCUT2D eigenvalue weighted by Crippen LogP contribution is -2.29. The topological polar surface area (TPSA) is 50.9 Å². The number of hydrogen-bond acceptors (Lipinski definition) is 3. The monoisotopic (exact) mass is 249 g/mol. The van der Waals surface area contributed by atoms with Crippen molar-refractivity contribution in [1.82, 2.24) is 10.4 Å². The number of aryl methyl sites for hydroxylation is 1. The third-order valence-corrected chi connectivity index (χ3v) is 2.59. The Morgan fingerprint density at radius 3 is 2.39 bits per heavy atom. The van der Waals surface area contributed by atoms with Crippen LogP contribution in [0.15, 0.2) is 36.4 Å². The minimum atomic E-state index is -0.641. The van der Waals surface area contributed by atoms with Crippen LogP contribution >= 0.6 is 0 Å². The van der Waals surface area contributed by atoms with Crippen molar-refractivity contribution < 1.29 is 8.78 Å². The summed E-state index contributed by atoms with van der Waals surface area (Å²) in [6.07, 6.45) is 0. The summed E-state index contributed by atoms with van der Waals surface area (Å²) in [5.41, 5.74) is 4.34. The standard InChI is InChI=1S/C13H13F2N3/c1-8-3-2-4-12(17-8)13(18-16)9-5-10(14)7-11(15)6-9/h2-7,13,18H,16H2,1H3. The molecule has 1 heterocycles. The van der Waals surface area contributed by atoms with Crippen LogP contribution in [0.1, 0.15) is 23.0 Å². The van der Waals surface area contributed by atoms with E-state index >= 15 is 0 Å². The van der Waals surface area contributed by atoms with Crippen molar-refractivity contribution in [3.05, 3.63) is 65.0 Å². The second-order valence-electron chi connectivity index (χ2n) is 4.01. The number of pyridine rings is 1. The fraction of sp³-hybridized carbons (Fsp3) is 0.154. The minimum absolute atomic E-state index is 0.396. The highest BCUT2D eigenvalue weighted by Crippen LogP contribution is 2.21. The number of rotatable bonds is 3. The predicted molar refractivity (Wildman–Crippen MR) is 64.5 cm³/mol. The van der Waals surface area contributed by atoms with Crippen LogP contribution in [0.5, 0.6) is 0 Å². The molecule has 1 aromatic heterocycles. The van der Waals surface area contributed by atoms with E-state index < -0.39 is 17.7 Å². The molecule has 0 fully saturated rings. The SMILES string of the molecule is Cc1cccc(C(NN)c2cc(F)cc(F)c2)n1. The summed E-state index contributed by atoms with van der Waals surface area (Å²) in [4.78, 5) is 4.29. The van der Waals surface area contributed by atoms with Crippen LogP contribution in [-0.2, 0) is 0 Å². The quantitative estimate of drug-likeness (QED) is 0.647. The molecule has 0 aliphatic rings.